The molecule has 100 valence electrons. The molecule has 3 heterocycles. The maximum atomic E-state index is 4.07. The van der Waals surface area contributed by atoms with E-state index in [0.29, 0.717) is 5.92 Å². The standard InChI is InChI=1S/C13H21N3S2/c1-4-14-15-13(1)11-2-5-16(6-3-11)12-9-17-7-8-18-10-12/h1,4,11-12H,2-3,5-10H2,(H,14,15). The molecular formula is C13H21N3S2. The number of nitrogens with zero attached hydrogens (tertiary/aromatic N) is 2. The average Bonchev–Trinajstić information content (AvgIpc) is 2.82. The molecule has 1 aromatic rings. The Hall–Kier alpha value is -0.130. The molecule has 2 aliphatic rings. The van der Waals surface area contributed by atoms with Crippen molar-refractivity contribution in [2.45, 2.75) is 24.8 Å². The van der Waals surface area contributed by atoms with Gasteiger partial charge in [-0.05, 0) is 32.0 Å². The molecule has 2 fully saturated rings. The van der Waals surface area contributed by atoms with Gasteiger partial charge in [0.15, 0.2) is 0 Å². The van der Waals surface area contributed by atoms with Gasteiger partial charge >= 0.3 is 0 Å². The van der Waals surface area contributed by atoms with Crippen LogP contribution in [0.25, 0.3) is 0 Å². The van der Waals surface area contributed by atoms with Crippen LogP contribution in [0.3, 0.4) is 0 Å². The van der Waals surface area contributed by atoms with Crippen LogP contribution in [0.4, 0.5) is 0 Å². The first kappa shape index (κ1) is 12.9. The predicted molar refractivity (Wildman–Crippen MR) is 80.6 cm³/mol. The molecule has 0 radical (unpaired) electrons. The van der Waals surface area contributed by atoms with Crippen LogP contribution in [-0.4, -0.2) is 57.2 Å². The van der Waals surface area contributed by atoms with Gasteiger partial charge in [-0.15, -0.1) is 0 Å². The minimum Gasteiger partial charge on any atom is -0.299 e. The van der Waals surface area contributed by atoms with Crippen molar-refractivity contribution >= 4 is 23.5 Å². The highest BCUT2D eigenvalue weighted by Gasteiger charge is 2.27. The van der Waals surface area contributed by atoms with E-state index in [4.69, 9.17) is 0 Å². The zero-order valence-corrected chi connectivity index (χ0v) is 12.3. The van der Waals surface area contributed by atoms with Crippen molar-refractivity contribution in [2.75, 3.05) is 36.1 Å². The second kappa shape index (κ2) is 6.35. The Bertz CT molecular complexity index is 339. The summed E-state index contributed by atoms with van der Waals surface area (Å²) in [6.45, 7) is 2.52. The van der Waals surface area contributed by atoms with Crippen molar-refractivity contribution in [3.05, 3.63) is 18.0 Å². The zero-order valence-electron chi connectivity index (χ0n) is 10.7. The molecule has 18 heavy (non-hydrogen) atoms. The van der Waals surface area contributed by atoms with E-state index in [1.54, 1.807) is 0 Å². The molecule has 0 aliphatic carbocycles. The van der Waals surface area contributed by atoms with E-state index in [-0.39, 0.29) is 0 Å². The van der Waals surface area contributed by atoms with E-state index in [2.05, 4.69) is 44.7 Å². The summed E-state index contributed by atoms with van der Waals surface area (Å²) >= 11 is 4.27. The van der Waals surface area contributed by atoms with Crippen LogP contribution in [0.5, 0.6) is 0 Å². The summed E-state index contributed by atoms with van der Waals surface area (Å²) in [5.74, 6) is 6.05. The molecule has 0 atom stereocenters. The number of hydrogen-bond acceptors (Lipinski definition) is 4. The largest absolute Gasteiger partial charge is 0.299 e. The van der Waals surface area contributed by atoms with Crippen LogP contribution in [0.1, 0.15) is 24.5 Å². The van der Waals surface area contributed by atoms with Crippen LogP contribution in [-0.2, 0) is 0 Å². The van der Waals surface area contributed by atoms with E-state index in [0.717, 1.165) is 6.04 Å². The molecular weight excluding hydrogens is 262 g/mol. The second-order valence-corrected chi connectivity index (χ2v) is 7.43. The quantitative estimate of drug-likeness (QED) is 0.903. The van der Waals surface area contributed by atoms with E-state index in [1.165, 1.54) is 54.6 Å². The molecule has 1 N–H and O–H groups in total. The van der Waals surface area contributed by atoms with Crippen molar-refractivity contribution in [2.24, 2.45) is 0 Å². The Balaban J connectivity index is 1.53. The first-order valence-electron chi connectivity index (χ1n) is 6.82. The fourth-order valence-corrected chi connectivity index (χ4v) is 5.51. The van der Waals surface area contributed by atoms with E-state index in [9.17, 15) is 0 Å². The number of likely N-dealkylation sites (tertiary alicyclic amines) is 1. The molecule has 0 amide bonds. The zero-order chi connectivity index (χ0) is 12.2. The third-order valence-corrected chi connectivity index (χ3v) is 6.49. The van der Waals surface area contributed by atoms with Crippen LogP contribution < -0.4 is 0 Å². The molecule has 3 rings (SSSR count). The first-order valence-corrected chi connectivity index (χ1v) is 9.13. The molecule has 1 aromatic heterocycles. The summed E-state index contributed by atoms with van der Waals surface area (Å²) in [6, 6.07) is 2.95. The topological polar surface area (TPSA) is 31.9 Å². The monoisotopic (exact) mass is 283 g/mol. The maximum Gasteiger partial charge on any atom is 0.0490 e. The Morgan fingerprint density at radius 3 is 2.50 bits per heavy atom. The van der Waals surface area contributed by atoms with Gasteiger partial charge in [-0.3, -0.25) is 10.00 Å². The third-order valence-electron chi connectivity index (χ3n) is 4.00. The van der Waals surface area contributed by atoms with Crippen molar-refractivity contribution < 1.29 is 0 Å². The number of piperidine rings is 1. The second-order valence-electron chi connectivity index (χ2n) is 5.13. The summed E-state index contributed by atoms with van der Waals surface area (Å²) in [6.07, 6.45) is 4.45. The van der Waals surface area contributed by atoms with Crippen molar-refractivity contribution in [3.63, 3.8) is 0 Å². The third kappa shape index (κ3) is 3.06. The maximum absolute atomic E-state index is 4.07. The molecule has 0 spiro atoms. The highest BCUT2D eigenvalue weighted by atomic mass is 32.2. The fraction of sp³-hybridized carbons (Fsp3) is 0.769. The van der Waals surface area contributed by atoms with Crippen LogP contribution in [0.15, 0.2) is 12.3 Å². The number of aromatic nitrogens is 2. The summed E-state index contributed by atoms with van der Waals surface area (Å²) in [5.41, 5.74) is 1.33. The highest BCUT2D eigenvalue weighted by Crippen LogP contribution is 2.29. The summed E-state index contributed by atoms with van der Waals surface area (Å²) < 4.78 is 0. The lowest BCUT2D eigenvalue weighted by atomic mass is 9.93. The van der Waals surface area contributed by atoms with E-state index < -0.39 is 0 Å². The summed E-state index contributed by atoms with van der Waals surface area (Å²) in [5, 5.41) is 7.21. The number of thioether (sulfide) groups is 2. The molecule has 0 bridgehead atoms. The molecule has 0 aromatic carbocycles. The Morgan fingerprint density at radius 1 is 1.17 bits per heavy atom. The Labute approximate surface area is 117 Å². The Morgan fingerprint density at radius 2 is 1.89 bits per heavy atom. The molecule has 2 aliphatic heterocycles. The minimum absolute atomic E-state index is 0.704. The van der Waals surface area contributed by atoms with Gasteiger partial charge in [0.05, 0.1) is 0 Å². The van der Waals surface area contributed by atoms with Crippen molar-refractivity contribution in [1.82, 2.24) is 15.1 Å². The summed E-state index contributed by atoms with van der Waals surface area (Å²) in [7, 11) is 0. The van der Waals surface area contributed by atoms with Gasteiger partial charge in [0.1, 0.15) is 0 Å². The van der Waals surface area contributed by atoms with Gasteiger partial charge in [-0.2, -0.15) is 28.6 Å². The Kier molecular flexibility index (Phi) is 4.54. The molecule has 0 unspecified atom stereocenters. The summed E-state index contributed by atoms with van der Waals surface area (Å²) in [4.78, 5) is 2.72. The highest BCUT2D eigenvalue weighted by molar-refractivity contribution is 8.03. The van der Waals surface area contributed by atoms with Gasteiger partial charge in [-0.25, -0.2) is 0 Å². The van der Waals surface area contributed by atoms with E-state index >= 15 is 0 Å². The molecule has 0 saturated carbocycles. The number of H-pyrrole nitrogens is 1. The van der Waals surface area contributed by atoms with Crippen LogP contribution in [0.2, 0.25) is 0 Å². The van der Waals surface area contributed by atoms with Crippen LogP contribution >= 0.6 is 23.5 Å². The van der Waals surface area contributed by atoms with Crippen molar-refractivity contribution in [1.29, 1.82) is 0 Å². The first-order chi connectivity index (χ1) is 8.93. The van der Waals surface area contributed by atoms with Gasteiger partial charge < -0.3 is 0 Å². The van der Waals surface area contributed by atoms with Gasteiger partial charge in [-0.1, -0.05) is 0 Å². The van der Waals surface area contributed by atoms with Crippen LogP contribution in [0, 0.1) is 0 Å². The number of nitrogens with one attached hydrogen (secondary N) is 1. The fourth-order valence-electron chi connectivity index (χ4n) is 2.89. The lowest BCUT2D eigenvalue weighted by molar-refractivity contribution is 0.176. The van der Waals surface area contributed by atoms with Gasteiger partial charge in [0, 0.05) is 46.9 Å². The van der Waals surface area contributed by atoms with Gasteiger partial charge in [0.2, 0.25) is 0 Å². The number of aromatic amines is 1. The van der Waals surface area contributed by atoms with Crippen molar-refractivity contribution in [3.8, 4) is 0 Å². The lowest BCUT2D eigenvalue weighted by Gasteiger charge is -2.36. The molecule has 2 saturated heterocycles. The predicted octanol–water partition coefficient (Wildman–Crippen LogP) is 2.44. The van der Waals surface area contributed by atoms with E-state index in [1.807, 2.05) is 6.20 Å². The van der Waals surface area contributed by atoms with Gasteiger partial charge in [0.25, 0.3) is 0 Å². The smallest absolute Gasteiger partial charge is 0.0490 e. The number of rotatable bonds is 2. The minimum atomic E-state index is 0.704. The average molecular weight is 283 g/mol. The molecule has 5 heteroatoms. The SMILES string of the molecule is c1cc(C2CCN(C3CSCCSC3)CC2)[nH]n1. The number of hydrogen-bond donors (Lipinski definition) is 1. The molecule has 3 nitrogen and oxygen atoms in total. The normalized spacial score (nSPS) is 25.1. The lowest BCUT2D eigenvalue weighted by Crippen LogP contribution is -2.43.